The van der Waals surface area contributed by atoms with E-state index < -0.39 is 6.04 Å². The number of nitrogens with zero attached hydrogens (tertiary/aromatic N) is 2. The van der Waals surface area contributed by atoms with Gasteiger partial charge >= 0.3 is 0 Å². The molecule has 0 aliphatic carbocycles. The lowest BCUT2D eigenvalue weighted by Crippen LogP contribution is -2.53. The molecule has 5 rings (SSSR count). The zero-order valence-corrected chi connectivity index (χ0v) is 15.9. The molecule has 3 heterocycles. The fraction of sp³-hybridized carbons (Fsp3) is 0.409. The van der Waals surface area contributed by atoms with Crippen LogP contribution < -0.4 is 10.2 Å². The summed E-state index contributed by atoms with van der Waals surface area (Å²) in [4.78, 5) is 41.1. The second kappa shape index (κ2) is 6.41. The van der Waals surface area contributed by atoms with E-state index in [2.05, 4.69) is 29.4 Å². The first kappa shape index (κ1) is 17.4. The van der Waals surface area contributed by atoms with Crippen molar-refractivity contribution in [1.29, 1.82) is 0 Å². The van der Waals surface area contributed by atoms with Crippen molar-refractivity contribution < 1.29 is 14.4 Å². The topological polar surface area (TPSA) is 69.7 Å². The number of amides is 3. The quantitative estimate of drug-likeness (QED) is 0.816. The van der Waals surface area contributed by atoms with Crippen LogP contribution in [0.1, 0.15) is 47.5 Å². The first-order valence-electron chi connectivity index (χ1n) is 9.96. The summed E-state index contributed by atoms with van der Waals surface area (Å²) in [5, 5.41) is 4.45. The number of nitrogens with one attached hydrogen (secondary N) is 1. The third-order valence-corrected chi connectivity index (χ3v) is 6.44. The molecule has 2 fully saturated rings. The Morgan fingerprint density at radius 2 is 1.79 bits per heavy atom. The van der Waals surface area contributed by atoms with Gasteiger partial charge in [-0.1, -0.05) is 18.2 Å². The van der Waals surface area contributed by atoms with Crippen molar-refractivity contribution in [3.05, 3.63) is 41.5 Å². The minimum absolute atomic E-state index is 0.143. The maximum atomic E-state index is 13.2. The zero-order chi connectivity index (χ0) is 19.4. The molecule has 0 bridgehead atoms. The van der Waals surface area contributed by atoms with E-state index in [-0.39, 0.29) is 24.1 Å². The number of anilines is 1. The molecule has 6 nitrogen and oxygen atoms in total. The fourth-order valence-electron chi connectivity index (χ4n) is 4.94. The lowest BCUT2D eigenvalue weighted by Gasteiger charge is -2.30. The van der Waals surface area contributed by atoms with Gasteiger partial charge in [-0.2, -0.15) is 0 Å². The van der Waals surface area contributed by atoms with Crippen molar-refractivity contribution in [2.45, 2.75) is 37.6 Å². The van der Waals surface area contributed by atoms with E-state index in [1.807, 2.05) is 18.2 Å². The number of hydrogen-bond acceptors (Lipinski definition) is 4. The highest BCUT2D eigenvalue weighted by atomic mass is 16.2. The highest BCUT2D eigenvalue weighted by Gasteiger charge is 2.41. The molecule has 28 heavy (non-hydrogen) atoms. The van der Waals surface area contributed by atoms with E-state index in [4.69, 9.17) is 0 Å². The van der Waals surface area contributed by atoms with Crippen LogP contribution in [0.5, 0.6) is 0 Å². The monoisotopic (exact) mass is 377 g/mol. The second-order valence-corrected chi connectivity index (χ2v) is 8.12. The Morgan fingerprint density at radius 1 is 1.00 bits per heavy atom. The molecule has 3 amide bonds. The van der Waals surface area contributed by atoms with Crippen molar-refractivity contribution in [3.63, 3.8) is 0 Å². The van der Waals surface area contributed by atoms with Gasteiger partial charge in [0.15, 0.2) is 0 Å². The fourth-order valence-corrected chi connectivity index (χ4v) is 4.94. The zero-order valence-electron chi connectivity index (χ0n) is 15.9. The van der Waals surface area contributed by atoms with Gasteiger partial charge in [0.25, 0.3) is 5.91 Å². The molecule has 1 unspecified atom stereocenters. The normalized spacial score (nSPS) is 23.5. The van der Waals surface area contributed by atoms with Gasteiger partial charge in [0.1, 0.15) is 6.04 Å². The highest BCUT2D eigenvalue weighted by molar-refractivity contribution is 6.27. The van der Waals surface area contributed by atoms with E-state index in [9.17, 15) is 14.4 Å². The largest absolute Gasteiger partial charge is 0.306 e. The van der Waals surface area contributed by atoms with Gasteiger partial charge in [-0.25, -0.2) is 0 Å². The smallest absolute Gasteiger partial charge is 0.259 e. The van der Waals surface area contributed by atoms with Crippen molar-refractivity contribution in [2.24, 2.45) is 0 Å². The molecule has 1 atom stereocenters. The number of carbonyl (C=O) groups excluding carboxylic acids is 3. The Hall–Kier alpha value is -2.73. The van der Waals surface area contributed by atoms with Crippen LogP contribution in [0.25, 0.3) is 10.8 Å². The molecule has 0 aromatic heterocycles. The summed E-state index contributed by atoms with van der Waals surface area (Å²) in [5.74, 6) is -0.311. The van der Waals surface area contributed by atoms with Gasteiger partial charge < -0.3 is 4.90 Å². The van der Waals surface area contributed by atoms with Gasteiger partial charge in [-0.15, -0.1) is 0 Å². The van der Waals surface area contributed by atoms with Crippen LogP contribution in [0.15, 0.2) is 30.3 Å². The molecule has 2 saturated heterocycles. The van der Waals surface area contributed by atoms with Crippen LogP contribution in [-0.4, -0.2) is 48.8 Å². The molecule has 0 spiro atoms. The third kappa shape index (κ3) is 2.55. The molecule has 2 aromatic rings. The summed E-state index contributed by atoms with van der Waals surface area (Å²) in [5.41, 5.74) is 2.75. The van der Waals surface area contributed by atoms with Gasteiger partial charge in [-0.3, -0.25) is 24.6 Å². The van der Waals surface area contributed by atoms with Crippen LogP contribution in [0, 0.1) is 0 Å². The number of likely N-dealkylation sites (tertiary alicyclic amines) is 1. The van der Waals surface area contributed by atoms with Crippen LogP contribution in [0.4, 0.5) is 5.69 Å². The van der Waals surface area contributed by atoms with Crippen LogP contribution in [0.2, 0.25) is 0 Å². The van der Waals surface area contributed by atoms with Crippen molar-refractivity contribution >= 4 is 34.2 Å². The Morgan fingerprint density at radius 3 is 2.54 bits per heavy atom. The number of carbonyl (C=O) groups is 3. The number of benzene rings is 2. The van der Waals surface area contributed by atoms with Crippen LogP contribution in [0.3, 0.4) is 0 Å². The summed E-state index contributed by atoms with van der Waals surface area (Å²) in [6.07, 6.45) is 2.84. The lowest BCUT2D eigenvalue weighted by atomic mass is 9.85. The number of piperidine rings is 2. The Labute approximate surface area is 163 Å². The molecule has 6 heteroatoms. The number of imide groups is 1. The predicted octanol–water partition coefficient (Wildman–Crippen LogP) is 2.41. The predicted molar refractivity (Wildman–Crippen MR) is 106 cm³/mol. The minimum Gasteiger partial charge on any atom is -0.306 e. The Balaban J connectivity index is 1.59. The minimum atomic E-state index is -0.630. The average Bonchev–Trinajstić information content (AvgIpc) is 2.97. The maximum absolute atomic E-state index is 13.2. The van der Waals surface area contributed by atoms with E-state index >= 15 is 0 Å². The highest BCUT2D eigenvalue weighted by Crippen LogP contribution is 2.43. The summed E-state index contributed by atoms with van der Waals surface area (Å²) in [6, 6.07) is 9.37. The molecular weight excluding hydrogens is 354 g/mol. The molecule has 0 radical (unpaired) electrons. The average molecular weight is 377 g/mol. The van der Waals surface area contributed by atoms with Gasteiger partial charge in [-0.05, 0) is 68.4 Å². The number of rotatable bonds is 2. The molecule has 1 N–H and O–H groups in total. The Kier molecular flexibility index (Phi) is 3.98. The Bertz CT molecular complexity index is 1010. The summed E-state index contributed by atoms with van der Waals surface area (Å²) in [6.45, 7) is 2.16. The lowest BCUT2D eigenvalue weighted by molar-refractivity contribution is -0.134. The number of hydrogen-bond donors (Lipinski definition) is 1. The molecule has 3 aliphatic rings. The molecule has 144 valence electrons. The standard InChI is InChI=1S/C22H23N3O3/c1-24-11-9-13(10-12-24)14-5-6-16-20-15(14)3-2-4-17(20)25(22(16)28)18-7-8-19(26)23-21(18)27/h2-6,13,18H,7-12H2,1H3,(H,23,26,27). The van der Waals surface area contributed by atoms with Crippen LogP contribution in [-0.2, 0) is 9.59 Å². The van der Waals surface area contributed by atoms with Gasteiger partial charge in [0.05, 0.1) is 5.69 Å². The van der Waals surface area contributed by atoms with E-state index in [1.165, 1.54) is 5.56 Å². The third-order valence-electron chi connectivity index (χ3n) is 6.44. The summed E-state index contributed by atoms with van der Waals surface area (Å²) < 4.78 is 0. The molecule has 0 saturated carbocycles. The molecule has 2 aromatic carbocycles. The van der Waals surface area contributed by atoms with Gasteiger partial charge in [0.2, 0.25) is 11.8 Å². The molecule has 3 aliphatic heterocycles. The van der Waals surface area contributed by atoms with Crippen molar-refractivity contribution in [3.8, 4) is 0 Å². The van der Waals surface area contributed by atoms with Crippen molar-refractivity contribution in [1.82, 2.24) is 10.2 Å². The summed E-state index contributed by atoms with van der Waals surface area (Å²) in [7, 11) is 2.15. The maximum Gasteiger partial charge on any atom is 0.259 e. The van der Waals surface area contributed by atoms with Crippen LogP contribution >= 0.6 is 0 Å². The van der Waals surface area contributed by atoms with Crippen molar-refractivity contribution in [2.75, 3.05) is 25.0 Å². The van der Waals surface area contributed by atoms with E-state index in [1.54, 1.807) is 4.90 Å². The van der Waals surface area contributed by atoms with Gasteiger partial charge in [0, 0.05) is 17.4 Å². The molecular formula is C22H23N3O3. The first-order chi connectivity index (χ1) is 13.5. The second-order valence-electron chi connectivity index (χ2n) is 8.12. The van der Waals surface area contributed by atoms with E-state index in [0.717, 1.165) is 42.4 Å². The first-order valence-corrected chi connectivity index (χ1v) is 9.96. The summed E-state index contributed by atoms with van der Waals surface area (Å²) >= 11 is 0. The van der Waals surface area contributed by atoms with E-state index in [0.29, 0.717) is 17.9 Å². The SMILES string of the molecule is CN1CCC(c2ccc3c4c(cccc24)N(C2CCC(=O)NC2=O)C3=O)CC1.